The first-order valence-corrected chi connectivity index (χ1v) is 9.54. The van der Waals surface area contributed by atoms with E-state index >= 15 is 0 Å². The van der Waals surface area contributed by atoms with Crippen molar-refractivity contribution in [2.75, 3.05) is 5.01 Å². The van der Waals surface area contributed by atoms with Crippen molar-refractivity contribution >= 4 is 52.1 Å². The minimum absolute atomic E-state index is 0.0253. The Balaban J connectivity index is 1.61. The molecule has 2 heterocycles. The smallest absolute Gasteiger partial charge is 0.282 e. The highest BCUT2D eigenvalue weighted by molar-refractivity contribution is 14.1. The summed E-state index contributed by atoms with van der Waals surface area (Å²) < 4.78 is 6.68. The lowest BCUT2D eigenvalue weighted by atomic mass is 10.1. The number of anilines is 1. The second-order valence-electron chi connectivity index (χ2n) is 6.19. The van der Waals surface area contributed by atoms with Gasteiger partial charge in [0.05, 0.1) is 11.7 Å². The van der Waals surface area contributed by atoms with E-state index in [0.29, 0.717) is 22.8 Å². The Hall–Kier alpha value is -3.40. The number of aromatic carboxylic acids is 1. The van der Waals surface area contributed by atoms with Crippen molar-refractivity contribution in [3.8, 4) is 11.3 Å². The number of hydrogen-bond donors (Lipinski definition) is 1. The summed E-state index contributed by atoms with van der Waals surface area (Å²) in [7, 11) is 0. The molecule has 1 aliphatic heterocycles. The normalized spacial score (nSPS) is 15.1. The number of carboxylic acid groups (broad SMARTS) is 1. The molecule has 0 saturated carbocycles. The fraction of sp³-hybridized carbons (Fsp3) is 0. The third-order valence-electron chi connectivity index (χ3n) is 4.27. The Kier molecular flexibility index (Phi) is 4.93. The zero-order chi connectivity index (χ0) is 20.5. The molecule has 4 rings (SSSR count). The number of benzene rings is 2. The molecule has 0 radical (unpaired) electrons. The molecule has 0 unspecified atom stereocenters. The summed E-state index contributed by atoms with van der Waals surface area (Å²) in [5.74, 6) is -1.62. The van der Waals surface area contributed by atoms with E-state index < -0.39 is 17.8 Å². The van der Waals surface area contributed by atoms with Gasteiger partial charge in [0.1, 0.15) is 17.1 Å². The van der Waals surface area contributed by atoms with Crippen LogP contribution in [0.25, 0.3) is 17.4 Å². The van der Waals surface area contributed by atoms with Gasteiger partial charge in [-0.1, -0.05) is 18.2 Å². The van der Waals surface area contributed by atoms with Crippen LogP contribution in [0.15, 0.2) is 70.7 Å². The summed E-state index contributed by atoms with van der Waals surface area (Å²) in [6.45, 7) is 0. The van der Waals surface area contributed by atoms with Gasteiger partial charge in [-0.3, -0.25) is 15.0 Å². The second-order valence-corrected chi connectivity index (χ2v) is 7.43. The van der Waals surface area contributed by atoms with E-state index in [2.05, 4.69) is 28.0 Å². The third-order valence-corrected chi connectivity index (χ3v) is 4.99. The average Bonchev–Trinajstić information content (AvgIpc) is 3.29. The number of carbonyl (C=O) groups is 3. The van der Waals surface area contributed by atoms with Crippen LogP contribution in [-0.4, -0.2) is 17.8 Å². The Morgan fingerprint density at radius 1 is 1.07 bits per heavy atom. The van der Waals surface area contributed by atoms with Gasteiger partial charge in [0.2, 0.25) is 0 Å². The molecular weight excluding hydrogens is 487 g/mol. The Bertz CT molecular complexity index is 1160. The van der Waals surface area contributed by atoms with Gasteiger partial charge in [-0.05, 0) is 76.7 Å². The van der Waals surface area contributed by atoms with Gasteiger partial charge >= 0.3 is 0 Å². The van der Waals surface area contributed by atoms with Crippen molar-refractivity contribution in [3.63, 3.8) is 0 Å². The topological polar surface area (TPSA) is 103 Å². The van der Waals surface area contributed by atoms with Gasteiger partial charge in [-0.15, -0.1) is 0 Å². The zero-order valence-corrected chi connectivity index (χ0v) is 16.9. The minimum Gasteiger partial charge on any atom is -0.545 e. The number of hydrogen-bond acceptors (Lipinski definition) is 5. The Labute approximate surface area is 178 Å². The molecule has 3 aromatic rings. The first-order valence-electron chi connectivity index (χ1n) is 8.47. The SMILES string of the molecule is O=C1NN(c2ccc(I)cc2)C(=O)/C1=C\c1ccc(-c2cccc(C(=O)[O-])c2)o1. The number of amides is 2. The summed E-state index contributed by atoms with van der Waals surface area (Å²) in [6, 6.07) is 16.5. The van der Waals surface area contributed by atoms with Crippen LogP contribution >= 0.6 is 22.6 Å². The van der Waals surface area contributed by atoms with E-state index in [1.54, 1.807) is 36.4 Å². The molecule has 2 amide bonds. The van der Waals surface area contributed by atoms with Crippen LogP contribution in [0.1, 0.15) is 16.1 Å². The van der Waals surface area contributed by atoms with Crippen LogP contribution < -0.4 is 15.5 Å². The largest absolute Gasteiger partial charge is 0.545 e. The first-order chi connectivity index (χ1) is 13.9. The van der Waals surface area contributed by atoms with Crippen LogP contribution in [0, 0.1) is 3.57 Å². The molecule has 1 N–H and O–H groups in total. The van der Waals surface area contributed by atoms with E-state index in [1.165, 1.54) is 23.2 Å². The maximum absolute atomic E-state index is 12.7. The zero-order valence-electron chi connectivity index (χ0n) is 14.7. The van der Waals surface area contributed by atoms with Gasteiger partial charge in [0, 0.05) is 9.13 Å². The molecule has 29 heavy (non-hydrogen) atoms. The highest BCUT2D eigenvalue weighted by Gasteiger charge is 2.34. The number of nitrogens with one attached hydrogen (secondary N) is 1. The minimum atomic E-state index is -1.29. The van der Waals surface area contributed by atoms with E-state index in [4.69, 9.17) is 4.42 Å². The summed E-state index contributed by atoms with van der Waals surface area (Å²) in [5, 5.41) is 12.2. The van der Waals surface area contributed by atoms with Crippen molar-refractivity contribution in [3.05, 3.63) is 81.1 Å². The van der Waals surface area contributed by atoms with E-state index in [9.17, 15) is 19.5 Å². The predicted octanol–water partition coefficient (Wildman–Crippen LogP) is 2.38. The maximum Gasteiger partial charge on any atom is 0.282 e. The summed E-state index contributed by atoms with van der Waals surface area (Å²) in [5.41, 5.74) is 3.58. The maximum atomic E-state index is 12.7. The van der Waals surface area contributed by atoms with Crippen LogP contribution in [-0.2, 0) is 9.59 Å². The second kappa shape index (κ2) is 7.55. The van der Waals surface area contributed by atoms with Crippen LogP contribution in [0.4, 0.5) is 5.69 Å². The number of hydrazine groups is 1. The van der Waals surface area contributed by atoms with Crippen molar-refractivity contribution in [1.82, 2.24) is 5.43 Å². The summed E-state index contributed by atoms with van der Waals surface area (Å²) >= 11 is 2.15. The number of carbonyl (C=O) groups excluding carboxylic acids is 3. The molecule has 2 aromatic carbocycles. The lowest BCUT2D eigenvalue weighted by Gasteiger charge is -2.14. The molecule has 7 nitrogen and oxygen atoms in total. The summed E-state index contributed by atoms with van der Waals surface area (Å²) in [4.78, 5) is 36.0. The molecule has 0 bridgehead atoms. The molecule has 8 heteroatoms. The fourth-order valence-corrected chi connectivity index (χ4v) is 3.22. The van der Waals surface area contributed by atoms with Gasteiger partial charge in [0.25, 0.3) is 11.8 Å². The number of furan rings is 1. The Morgan fingerprint density at radius 2 is 1.83 bits per heavy atom. The fourth-order valence-electron chi connectivity index (χ4n) is 2.86. The lowest BCUT2D eigenvalue weighted by Crippen LogP contribution is -2.35. The molecule has 1 fully saturated rings. The number of carboxylic acids is 1. The molecule has 1 aromatic heterocycles. The number of rotatable bonds is 4. The average molecular weight is 499 g/mol. The number of halogens is 1. The lowest BCUT2D eigenvalue weighted by molar-refractivity contribution is -0.255. The summed E-state index contributed by atoms with van der Waals surface area (Å²) in [6.07, 6.45) is 1.36. The van der Waals surface area contributed by atoms with Crippen molar-refractivity contribution < 1.29 is 23.9 Å². The van der Waals surface area contributed by atoms with Crippen LogP contribution in [0.2, 0.25) is 0 Å². The quantitative estimate of drug-likeness (QED) is 0.338. The van der Waals surface area contributed by atoms with Gasteiger partial charge in [-0.2, -0.15) is 0 Å². The van der Waals surface area contributed by atoms with Crippen molar-refractivity contribution in [2.45, 2.75) is 0 Å². The molecule has 1 aliphatic rings. The van der Waals surface area contributed by atoms with E-state index in [0.717, 1.165) is 3.57 Å². The van der Waals surface area contributed by atoms with Gasteiger partial charge in [0.15, 0.2) is 0 Å². The van der Waals surface area contributed by atoms with E-state index in [-0.39, 0.29) is 11.1 Å². The third kappa shape index (κ3) is 3.79. The van der Waals surface area contributed by atoms with Crippen molar-refractivity contribution in [1.29, 1.82) is 0 Å². The molecule has 0 atom stereocenters. The molecule has 0 aliphatic carbocycles. The molecule has 144 valence electrons. The van der Waals surface area contributed by atoms with Gasteiger partial charge in [-0.25, -0.2) is 5.01 Å². The highest BCUT2D eigenvalue weighted by atomic mass is 127. The standard InChI is InChI=1S/C21H13IN2O5/c22-14-4-6-15(7-5-14)24-20(26)17(19(25)23-24)11-16-8-9-18(29-16)12-2-1-3-13(10-12)21(27)28/h1-11H,(H,23,25)(H,27,28)/p-1/b17-11-. The highest BCUT2D eigenvalue weighted by Crippen LogP contribution is 2.26. The van der Waals surface area contributed by atoms with Crippen molar-refractivity contribution in [2.24, 2.45) is 0 Å². The molecule has 0 spiro atoms. The van der Waals surface area contributed by atoms with E-state index in [1.807, 2.05) is 12.1 Å². The van der Waals surface area contributed by atoms with Crippen LogP contribution in [0.3, 0.4) is 0 Å². The van der Waals surface area contributed by atoms with Crippen LogP contribution in [0.5, 0.6) is 0 Å². The monoisotopic (exact) mass is 499 g/mol. The molecule has 1 saturated heterocycles. The Morgan fingerprint density at radius 3 is 2.55 bits per heavy atom. The first kappa shape index (κ1) is 18.9. The predicted molar refractivity (Wildman–Crippen MR) is 111 cm³/mol. The van der Waals surface area contributed by atoms with Gasteiger partial charge < -0.3 is 14.3 Å². The number of nitrogens with zero attached hydrogens (tertiary/aromatic N) is 1. The molecular formula is C21H12IN2O5-.